The Morgan fingerprint density at radius 2 is 1.96 bits per heavy atom. The summed E-state index contributed by atoms with van der Waals surface area (Å²) in [6, 6.07) is 0. The van der Waals surface area contributed by atoms with Crippen molar-refractivity contribution in [1.29, 1.82) is 0 Å². The molecule has 2 aliphatic carbocycles. The summed E-state index contributed by atoms with van der Waals surface area (Å²) in [5.41, 5.74) is 0.00840. The first kappa shape index (κ1) is 20.6. The van der Waals surface area contributed by atoms with Gasteiger partial charge in [-0.05, 0) is 57.8 Å². The van der Waals surface area contributed by atoms with E-state index in [1.165, 1.54) is 0 Å². The van der Waals surface area contributed by atoms with Gasteiger partial charge in [-0.25, -0.2) is 4.79 Å². The van der Waals surface area contributed by atoms with Crippen molar-refractivity contribution in [3.63, 3.8) is 0 Å². The molecule has 27 heavy (non-hydrogen) atoms. The fourth-order valence-corrected chi connectivity index (χ4v) is 5.48. The first-order chi connectivity index (χ1) is 12.9. The van der Waals surface area contributed by atoms with Crippen molar-refractivity contribution in [2.75, 3.05) is 13.7 Å². The van der Waals surface area contributed by atoms with E-state index in [0.717, 1.165) is 32.1 Å². The zero-order valence-corrected chi connectivity index (χ0v) is 18.0. The van der Waals surface area contributed by atoms with Crippen LogP contribution < -0.4 is 5.32 Å². The molecule has 0 aromatic heterocycles. The van der Waals surface area contributed by atoms with Gasteiger partial charge in [0.25, 0.3) is 5.91 Å². The van der Waals surface area contributed by atoms with Gasteiger partial charge in [0, 0.05) is 17.9 Å². The summed E-state index contributed by atoms with van der Waals surface area (Å²) in [6.07, 6.45) is 5.53. The topological polar surface area (TPSA) is 73.9 Å². The highest BCUT2D eigenvalue weighted by Gasteiger charge is 2.52. The molecular formula is C20H30BrNO5. The Kier molecular flexibility index (Phi) is 6.51. The SMILES string of the molecule is CCOC(=O)OC1=C(C2CC(C)CCC2Br)C(=O)NC12CCC(OC)CC2. The number of methoxy groups -OCH3 is 1. The highest BCUT2D eigenvalue weighted by atomic mass is 79.9. The van der Waals surface area contributed by atoms with Crippen molar-refractivity contribution in [1.82, 2.24) is 5.32 Å². The van der Waals surface area contributed by atoms with Gasteiger partial charge in [-0.15, -0.1) is 0 Å². The summed E-state index contributed by atoms with van der Waals surface area (Å²) in [5, 5.41) is 3.17. The average Bonchev–Trinajstić information content (AvgIpc) is 2.89. The molecule has 1 amide bonds. The van der Waals surface area contributed by atoms with E-state index in [1.54, 1.807) is 14.0 Å². The number of hydrogen-bond donors (Lipinski definition) is 1. The summed E-state index contributed by atoms with van der Waals surface area (Å²) in [5.74, 6) is 0.962. The van der Waals surface area contributed by atoms with E-state index in [-0.39, 0.29) is 29.4 Å². The molecule has 0 aromatic rings. The van der Waals surface area contributed by atoms with Crippen LogP contribution in [0.5, 0.6) is 0 Å². The molecule has 2 saturated carbocycles. The predicted molar refractivity (Wildman–Crippen MR) is 104 cm³/mol. The van der Waals surface area contributed by atoms with Crippen LogP contribution in [0.25, 0.3) is 0 Å². The van der Waals surface area contributed by atoms with Crippen molar-refractivity contribution >= 4 is 28.0 Å². The molecule has 6 nitrogen and oxygen atoms in total. The molecule has 1 heterocycles. The maximum Gasteiger partial charge on any atom is 0.513 e. The molecule has 152 valence electrons. The van der Waals surface area contributed by atoms with Crippen LogP contribution in [0.2, 0.25) is 0 Å². The Labute approximate surface area is 169 Å². The predicted octanol–water partition coefficient (Wildman–Crippen LogP) is 4.07. The summed E-state index contributed by atoms with van der Waals surface area (Å²) >= 11 is 3.77. The molecule has 3 rings (SSSR count). The van der Waals surface area contributed by atoms with Crippen molar-refractivity contribution < 1.29 is 23.8 Å². The minimum absolute atomic E-state index is 0.0395. The van der Waals surface area contributed by atoms with E-state index < -0.39 is 11.7 Å². The number of amides is 1. The summed E-state index contributed by atoms with van der Waals surface area (Å²) in [4.78, 5) is 25.4. The van der Waals surface area contributed by atoms with E-state index in [1.807, 2.05) is 0 Å². The Hall–Kier alpha value is -1.08. The van der Waals surface area contributed by atoms with Crippen molar-refractivity contribution in [3.05, 3.63) is 11.3 Å². The number of halogens is 1. The van der Waals surface area contributed by atoms with E-state index in [2.05, 4.69) is 28.2 Å². The molecule has 3 aliphatic rings. The first-order valence-electron chi connectivity index (χ1n) is 9.98. The quantitative estimate of drug-likeness (QED) is 0.523. The largest absolute Gasteiger partial charge is 0.513 e. The molecule has 3 atom stereocenters. The van der Waals surface area contributed by atoms with Crippen molar-refractivity contribution in [3.8, 4) is 0 Å². The molecule has 0 aromatic carbocycles. The van der Waals surface area contributed by atoms with Crippen LogP contribution >= 0.6 is 15.9 Å². The minimum Gasteiger partial charge on any atom is -0.434 e. The van der Waals surface area contributed by atoms with Crippen LogP contribution in [-0.4, -0.2) is 42.2 Å². The van der Waals surface area contributed by atoms with Crippen LogP contribution in [0.4, 0.5) is 4.79 Å². The van der Waals surface area contributed by atoms with Crippen LogP contribution in [-0.2, 0) is 19.0 Å². The number of alkyl halides is 1. The lowest BCUT2D eigenvalue weighted by atomic mass is 9.75. The third kappa shape index (κ3) is 4.19. The van der Waals surface area contributed by atoms with Gasteiger partial charge in [-0.2, -0.15) is 0 Å². The molecule has 2 fully saturated rings. The maximum atomic E-state index is 13.0. The lowest BCUT2D eigenvalue weighted by Crippen LogP contribution is -2.49. The van der Waals surface area contributed by atoms with Gasteiger partial charge < -0.3 is 19.5 Å². The second kappa shape index (κ2) is 8.52. The average molecular weight is 444 g/mol. The molecule has 7 heteroatoms. The zero-order valence-electron chi connectivity index (χ0n) is 16.4. The van der Waals surface area contributed by atoms with Gasteiger partial charge >= 0.3 is 6.16 Å². The van der Waals surface area contributed by atoms with Crippen LogP contribution in [0.1, 0.15) is 58.8 Å². The van der Waals surface area contributed by atoms with E-state index in [0.29, 0.717) is 30.1 Å². The number of hydrogen-bond acceptors (Lipinski definition) is 5. The molecule has 1 N–H and O–H groups in total. The molecule has 3 unspecified atom stereocenters. The maximum absolute atomic E-state index is 13.0. The summed E-state index contributed by atoms with van der Waals surface area (Å²) in [6.45, 7) is 4.19. The normalized spacial score (nSPS) is 36.7. The second-order valence-corrected chi connectivity index (χ2v) is 9.22. The number of ether oxygens (including phenoxy) is 3. The van der Waals surface area contributed by atoms with Crippen LogP contribution in [0, 0.1) is 11.8 Å². The van der Waals surface area contributed by atoms with Crippen LogP contribution in [0.15, 0.2) is 11.3 Å². The van der Waals surface area contributed by atoms with Gasteiger partial charge in [0.15, 0.2) is 0 Å². The zero-order chi connectivity index (χ0) is 19.6. The Morgan fingerprint density at radius 3 is 2.59 bits per heavy atom. The fourth-order valence-electron chi connectivity index (χ4n) is 4.74. The number of carbonyl (C=O) groups is 2. The standard InChI is InChI=1S/C20H30BrNO5/c1-4-26-19(24)27-17-16(14-11-12(2)5-6-15(14)21)18(23)22-20(17)9-7-13(25-3)8-10-20/h12-15H,4-11H2,1-3H3,(H,22,23). The number of nitrogens with one attached hydrogen (secondary N) is 1. The van der Waals surface area contributed by atoms with E-state index in [4.69, 9.17) is 14.2 Å². The van der Waals surface area contributed by atoms with E-state index in [9.17, 15) is 9.59 Å². The summed E-state index contributed by atoms with van der Waals surface area (Å²) < 4.78 is 16.2. The lowest BCUT2D eigenvalue weighted by Gasteiger charge is -2.38. The van der Waals surface area contributed by atoms with Gasteiger partial charge in [-0.3, -0.25) is 4.79 Å². The number of rotatable bonds is 4. The highest BCUT2D eigenvalue weighted by Crippen LogP contribution is 2.47. The van der Waals surface area contributed by atoms with Crippen LogP contribution in [0.3, 0.4) is 0 Å². The Balaban J connectivity index is 1.96. The van der Waals surface area contributed by atoms with E-state index >= 15 is 0 Å². The first-order valence-corrected chi connectivity index (χ1v) is 10.9. The van der Waals surface area contributed by atoms with Gasteiger partial charge in [-0.1, -0.05) is 22.9 Å². The molecule has 1 aliphatic heterocycles. The van der Waals surface area contributed by atoms with Crippen molar-refractivity contribution in [2.24, 2.45) is 11.8 Å². The molecule has 0 radical (unpaired) electrons. The fraction of sp³-hybridized carbons (Fsp3) is 0.800. The monoisotopic (exact) mass is 443 g/mol. The highest BCUT2D eigenvalue weighted by molar-refractivity contribution is 9.09. The second-order valence-electron chi connectivity index (χ2n) is 8.04. The smallest absolute Gasteiger partial charge is 0.434 e. The molecule has 1 spiro atoms. The Bertz CT molecular complexity index is 611. The number of carbonyl (C=O) groups excluding carboxylic acids is 2. The lowest BCUT2D eigenvalue weighted by molar-refractivity contribution is -0.118. The minimum atomic E-state index is -0.732. The third-order valence-electron chi connectivity index (χ3n) is 6.24. The third-order valence-corrected chi connectivity index (χ3v) is 7.34. The molecule has 0 bridgehead atoms. The summed E-state index contributed by atoms with van der Waals surface area (Å²) in [7, 11) is 1.71. The molecular weight excluding hydrogens is 414 g/mol. The van der Waals surface area contributed by atoms with Crippen molar-refractivity contribution in [2.45, 2.75) is 75.3 Å². The van der Waals surface area contributed by atoms with Gasteiger partial charge in [0.2, 0.25) is 0 Å². The van der Waals surface area contributed by atoms with Gasteiger partial charge in [0.1, 0.15) is 5.76 Å². The van der Waals surface area contributed by atoms with Gasteiger partial charge in [0.05, 0.1) is 23.8 Å². The Morgan fingerprint density at radius 1 is 1.26 bits per heavy atom. The molecule has 0 saturated heterocycles.